The molecule has 0 radical (unpaired) electrons. The fourth-order valence-electron chi connectivity index (χ4n) is 3.30. The second kappa shape index (κ2) is 8.47. The van der Waals surface area contributed by atoms with Crippen LogP contribution in [0.2, 0.25) is 0 Å². The molecule has 6 nitrogen and oxygen atoms in total. The first-order valence-corrected chi connectivity index (χ1v) is 9.72. The highest BCUT2D eigenvalue weighted by molar-refractivity contribution is 6.13. The minimum Gasteiger partial charge on any atom is -0.465 e. The Kier molecular flexibility index (Phi) is 6.01. The monoisotopic (exact) mass is 394 g/mol. The predicted octanol–water partition coefficient (Wildman–Crippen LogP) is 3.63. The van der Waals surface area contributed by atoms with Crippen molar-refractivity contribution in [3.05, 3.63) is 65.7 Å². The molecule has 2 aromatic rings. The van der Waals surface area contributed by atoms with Crippen molar-refractivity contribution in [2.45, 2.75) is 39.3 Å². The Hall–Kier alpha value is -3.15. The van der Waals surface area contributed by atoms with Crippen molar-refractivity contribution >= 4 is 23.5 Å². The molecule has 1 aliphatic carbocycles. The Morgan fingerprint density at radius 3 is 2.34 bits per heavy atom. The van der Waals surface area contributed by atoms with Crippen molar-refractivity contribution in [2.75, 3.05) is 12.4 Å². The van der Waals surface area contributed by atoms with Crippen molar-refractivity contribution in [3.63, 3.8) is 0 Å². The van der Waals surface area contributed by atoms with Crippen molar-refractivity contribution < 1.29 is 19.1 Å². The van der Waals surface area contributed by atoms with E-state index in [9.17, 15) is 14.4 Å². The van der Waals surface area contributed by atoms with Gasteiger partial charge in [-0.1, -0.05) is 36.4 Å². The normalized spacial score (nSPS) is 14.2. The summed E-state index contributed by atoms with van der Waals surface area (Å²) in [5.74, 6) is -0.964. The SMILES string of the molecule is COC(=O)c1cccc(NC(=O)C2(C(=O)N(Cc3ccccc3)C(C)C)CC2)c1. The molecule has 0 bridgehead atoms. The van der Waals surface area contributed by atoms with E-state index in [-0.39, 0.29) is 17.9 Å². The van der Waals surface area contributed by atoms with E-state index in [0.29, 0.717) is 30.6 Å². The van der Waals surface area contributed by atoms with E-state index in [1.165, 1.54) is 7.11 Å². The van der Waals surface area contributed by atoms with Crippen LogP contribution in [0.25, 0.3) is 0 Å². The number of rotatable bonds is 7. The van der Waals surface area contributed by atoms with Gasteiger partial charge in [0.15, 0.2) is 0 Å². The van der Waals surface area contributed by atoms with Crippen molar-refractivity contribution in [2.24, 2.45) is 5.41 Å². The standard InChI is InChI=1S/C23H26N2O4/c1-16(2)25(15-17-8-5-4-6-9-17)22(28)23(12-13-23)21(27)24-19-11-7-10-18(14-19)20(26)29-3/h4-11,14,16H,12-13,15H2,1-3H3,(H,24,27). The largest absolute Gasteiger partial charge is 0.465 e. The lowest BCUT2D eigenvalue weighted by Crippen LogP contribution is -2.45. The smallest absolute Gasteiger partial charge is 0.337 e. The minimum absolute atomic E-state index is 0.0318. The van der Waals surface area contributed by atoms with E-state index >= 15 is 0 Å². The van der Waals surface area contributed by atoms with Crippen LogP contribution in [0.4, 0.5) is 5.69 Å². The lowest BCUT2D eigenvalue weighted by atomic mass is 10.0. The van der Waals surface area contributed by atoms with Crippen molar-refractivity contribution in [1.82, 2.24) is 4.90 Å². The number of nitrogens with zero attached hydrogens (tertiary/aromatic N) is 1. The Morgan fingerprint density at radius 2 is 1.76 bits per heavy atom. The van der Waals surface area contributed by atoms with Gasteiger partial charge in [-0.25, -0.2) is 4.79 Å². The van der Waals surface area contributed by atoms with Crippen LogP contribution in [-0.4, -0.2) is 35.8 Å². The quantitative estimate of drug-likeness (QED) is 0.575. The number of benzene rings is 2. The molecular formula is C23H26N2O4. The third kappa shape index (κ3) is 4.47. The number of carbonyl (C=O) groups is 3. The van der Waals surface area contributed by atoms with Gasteiger partial charge < -0.3 is 15.0 Å². The Bertz CT molecular complexity index is 904. The lowest BCUT2D eigenvalue weighted by molar-refractivity contribution is -0.144. The fourth-order valence-corrected chi connectivity index (χ4v) is 3.30. The van der Waals surface area contributed by atoms with Crippen molar-refractivity contribution in [1.29, 1.82) is 0 Å². The highest BCUT2D eigenvalue weighted by atomic mass is 16.5. The predicted molar refractivity (Wildman–Crippen MR) is 110 cm³/mol. The highest BCUT2D eigenvalue weighted by Crippen LogP contribution is 2.48. The van der Waals surface area contributed by atoms with Gasteiger partial charge in [-0.15, -0.1) is 0 Å². The Labute approximate surface area is 170 Å². The Balaban J connectivity index is 1.76. The summed E-state index contributed by atoms with van der Waals surface area (Å²) in [6, 6.07) is 16.2. The van der Waals surface area contributed by atoms with Crippen LogP contribution in [0.5, 0.6) is 0 Å². The van der Waals surface area contributed by atoms with Crippen LogP contribution < -0.4 is 5.32 Å². The molecule has 152 valence electrons. The summed E-state index contributed by atoms with van der Waals surface area (Å²) in [4.78, 5) is 39.8. The first-order valence-electron chi connectivity index (χ1n) is 9.72. The van der Waals surface area contributed by atoms with Crippen LogP contribution in [0.1, 0.15) is 42.6 Å². The first-order chi connectivity index (χ1) is 13.9. The molecule has 0 aliphatic heterocycles. The molecule has 2 amide bonds. The second-order valence-electron chi connectivity index (χ2n) is 7.62. The van der Waals surface area contributed by atoms with E-state index in [0.717, 1.165) is 5.56 Å². The van der Waals surface area contributed by atoms with Crippen molar-refractivity contribution in [3.8, 4) is 0 Å². The number of hydrogen-bond donors (Lipinski definition) is 1. The zero-order valence-corrected chi connectivity index (χ0v) is 17.0. The molecule has 0 unspecified atom stereocenters. The molecule has 0 saturated heterocycles. The van der Waals surface area contributed by atoms with Crippen LogP contribution >= 0.6 is 0 Å². The average Bonchev–Trinajstić information content (AvgIpc) is 3.54. The third-order valence-corrected chi connectivity index (χ3v) is 5.22. The summed E-state index contributed by atoms with van der Waals surface area (Å²) >= 11 is 0. The topological polar surface area (TPSA) is 75.7 Å². The molecule has 1 saturated carbocycles. The van der Waals surface area contributed by atoms with Gasteiger partial charge >= 0.3 is 5.97 Å². The molecule has 1 aliphatic rings. The van der Waals surface area contributed by atoms with Gasteiger partial charge in [0.2, 0.25) is 11.8 Å². The number of methoxy groups -OCH3 is 1. The lowest BCUT2D eigenvalue weighted by Gasteiger charge is -2.30. The van der Waals surface area contributed by atoms with E-state index in [4.69, 9.17) is 4.74 Å². The maximum Gasteiger partial charge on any atom is 0.337 e. The number of ether oxygens (including phenoxy) is 1. The number of carbonyl (C=O) groups excluding carboxylic acids is 3. The van der Waals surface area contributed by atoms with Gasteiger partial charge in [0, 0.05) is 18.3 Å². The molecule has 6 heteroatoms. The molecular weight excluding hydrogens is 368 g/mol. The molecule has 0 heterocycles. The fraction of sp³-hybridized carbons (Fsp3) is 0.348. The molecule has 2 aromatic carbocycles. The van der Waals surface area contributed by atoms with Gasteiger partial charge in [-0.2, -0.15) is 0 Å². The number of esters is 1. The number of anilines is 1. The molecule has 0 aromatic heterocycles. The third-order valence-electron chi connectivity index (χ3n) is 5.22. The number of amides is 2. The number of hydrogen-bond acceptors (Lipinski definition) is 4. The molecule has 0 atom stereocenters. The zero-order chi connectivity index (χ0) is 21.0. The summed E-state index contributed by atoms with van der Waals surface area (Å²) in [5, 5.41) is 2.81. The molecule has 1 fully saturated rings. The molecule has 0 spiro atoms. The maximum absolute atomic E-state index is 13.3. The highest BCUT2D eigenvalue weighted by Gasteiger charge is 2.58. The van der Waals surface area contributed by atoms with Gasteiger partial charge in [0.1, 0.15) is 5.41 Å². The van der Waals surface area contributed by atoms with Gasteiger partial charge in [-0.3, -0.25) is 9.59 Å². The van der Waals surface area contributed by atoms with E-state index in [2.05, 4.69) is 5.32 Å². The summed E-state index contributed by atoms with van der Waals surface area (Å²) < 4.78 is 4.72. The minimum atomic E-state index is -1.04. The van der Waals surface area contributed by atoms with E-state index in [1.54, 1.807) is 29.2 Å². The van der Waals surface area contributed by atoms with Gasteiger partial charge in [0.05, 0.1) is 12.7 Å². The summed E-state index contributed by atoms with van der Waals surface area (Å²) in [6.45, 7) is 4.37. The number of nitrogens with one attached hydrogen (secondary N) is 1. The summed E-state index contributed by atoms with van der Waals surface area (Å²) in [6.07, 6.45) is 1.04. The summed E-state index contributed by atoms with van der Waals surface area (Å²) in [7, 11) is 1.30. The van der Waals surface area contributed by atoms with Crippen LogP contribution in [0.15, 0.2) is 54.6 Å². The molecule has 1 N–H and O–H groups in total. The Morgan fingerprint density at radius 1 is 1.07 bits per heavy atom. The van der Waals surface area contributed by atoms with Crippen LogP contribution in [0.3, 0.4) is 0 Å². The zero-order valence-electron chi connectivity index (χ0n) is 17.0. The maximum atomic E-state index is 13.3. The average molecular weight is 394 g/mol. The van der Waals surface area contributed by atoms with Gasteiger partial charge in [0.25, 0.3) is 0 Å². The van der Waals surface area contributed by atoms with Crippen LogP contribution in [0, 0.1) is 5.41 Å². The van der Waals surface area contributed by atoms with E-state index < -0.39 is 11.4 Å². The van der Waals surface area contributed by atoms with E-state index in [1.807, 2.05) is 44.2 Å². The molecule has 29 heavy (non-hydrogen) atoms. The summed E-state index contributed by atoms with van der Waals surface area (Å²) in [5.41, 5.74) is 0.794. The second-order valence-corrected chi connectivity index (χ2v) is 7.62. The van der Waals surface area contributed by atoms with Crippen LogP contribution in [-0.2, 0) is 20.9 Å². The van der Waals surface area contributed by atoms with Gasteiger partial charge in [-0.05, 0) is 50.5 Å². The molecule has 3 rings (SSSR count). The first kappa shape index (κ1) is 20.6.